The van der Waals surface area contributed by atoms with Crippen LogP contribution < -0.4 is 14.2 Å². The normalized spacial score (nSPS) is 9.51. The molecule has 0 fully saturated rings. The molecule has 0 saturated heterocycles. The predicted molar refractivity (Wildman–Crippen MR) is 129 cm³/mol. The van der Waals surface area contributed by atoms with Crippen molar-refractivity contribution in [2.75, 3.05) is 13.9 Å². The molecule has 3 aromatic rings. The number of carbonyl (C=O) groups is 3. The lowest BCUT2D eigenvalue weighted by Gasteiger charge is -2.08. The number of methoxy groups -OCH3 is 1. The minimum absolute atomic E-state index is 0.185. The molecule has 35 heavy (non-hydrogen) atoms. The highest BCUT2D eigenvalue weighted by Gasteiger charge is 2.09. The topological polar surface area (TPSA) is 108 Å². The molecule has 0 aliphatic rings. The molecule has 0 aromatic heterocycles. The second kappa shape index (κ2) is 13.6. The average molecular weight is 476 g/mol. The fraction of sp³-hybridized carbons (Fsp3) is 0.0741. The van der Waals surface area contributed by atoms with Crippen molar-refractivity contribution in [3.05, 3.63) is 104 Å². The van der Waals surface area contributed by atoms with Crippen molar-refractivity contribution in [2.24, 2.45) is 0 Å². The first-order valence-electron chi connectivity index (χ1n) is 10.2. The number of carboxylic acid groups (broad SMARTS) is 1. The Balaban J connectivity index is 0.000000784. The molecule has 1 N–H and O–H groups in total. The summed E-state index contributed by atoms with van der Waals surface area (Å²) < 4.78 is 20.6. The van der Waals surface area contributed by atoms with E-state index in [1.54, 1.807) is 55.6 Å². The quantitative estimate of drug-likeness (QED) is 0.201. The molecule has 0 unspecified atom stereocenters. The highest BCUT2D eigenvalue weighted by atomic mass is 16.7. The number of carbonyl (C=O) groups excluding carboxylic acids is 2. The van der Waals surface area contributed by atoms with E-state index < -0.39 is 17.9 Å². The highest BCUT2D eigenvalue weighted by Crippen LogP contribution is 2.24. The third kappa shape index (κ3) is 8.89. The molecule has 180 valence electrons. The van der Waals surface area contributed by atoms with E-state index in [4.69, 9.17) is 24.1 Å². The maximum absolute atomic E-state index is 12.3. The lowest BCUT2D eigenvalue weighted by atomic mass is 10.0. The Kier molecular flexibility index (Phi) is 10.3. The Hall–Kier alpha value is -4.85. The van der Waals surface area contributed by atoms with E-state index in [0.717, 1.165) is 23.3 Å². The van der Waals surface area contributed by atoms with Crippen LogP contribution >= 0.6 is 0 Å². The van der Waals surface area contributed by atoms with Crippen molar-refractivity contribution < 1.29 is 38.4 Å². The van der Waals surface area contributed by atoms with E-state index in [9.17, 15) is 14.4 Å². The van der Waals surface area contributed by atoms with Crippen LogP contribution in [0.25, 0.3) is 11.1 Å². The standard InChI is InChI=1S/C24H20O6.C3H4O2/c1-3-23(25)29-16-28-21-10-8-18(9-11-21)17-4-6-19(7-5-17)24(26)30-22-14-12-20(27-2)13-15-22;1-2-3(4)5/h3-15H,1,16H2,2H3;2H,1H2,(H,4,5). The van der Waals surface area contributed by atoms with Gasteiger partial charge in [-0.15, -0.1) is 0 Å². The molecule has 0 spiro atoms. The van der Waals surface area contributed by atoms with E-state index in [0.29, 0.717) is 22.8 Å². The smallest absolute Gasteiger partial charge is 0.343 e. The maximum Gasteiger partial charge on any atom is 0.343 e. The third-order valence-electron chi connectivity index (χ3n) is 4.35. The molecule has 0 bridgehead atoms. The van der Waals surface area contributed by atoms with Crippen LogP contribution in [0, 0.1) is 0 Å². The van der Waals surface area contributed by atoms with Crippen molar-refractivity contribution in [3.8, 4) is 28.4 Å². The zero-order valence-electron chi connectivity index (χ0n) is 19.0. The number of rotatable bonds is 9. The van der Waals surface area contributed by atoms with Gasteiger partial charge in [-0.25, -0.2) is 14.4 Å². The van der Waals surface area contributed by atoms with Gasteiger partial charge in [0.2, 0.25) is 6.79 Å². The van der Waals surface area contributed by atoms with Gasteiger partial charge < -0.3 is 24.1 Å². The molecule has 0 amide bonds. The zero-order valence-corrected chi connectivity index (χ0v) is 19.0. The lowest BCUT2D eigenvalue weighted by molar-refractivity contribution is -0.144. The first kappa shape index (κ1) is 26.4. The van der Waals surface area contributed by atoms with Crippen LogP contribution in [0.15, 0.2) is 98.1 Å². The number of hydrogen-bond donors (Lipinski definition) is 1. The van der Waals surface area contributed by atoms with Gasteiger partial charge in [0.15, 0.2) is 0 Å². The van der Waals surface area contributed by atoms with Crippen LogP contribution in [0.2, 0.25) is 0 Å². The second-order valence-corrected chi connectivity index (χ2v) is 6.64. The molecular weight excluding hydrogens is 452 g/mol. The van der Waals surface area contributed by atoms with Crippen molar-refractivity contribution >= 4 is 17.9 Å². The van der Waals surface area contributed by atoms with Gasteiger partial charge in [0.25, 0.3) is 0 Å². The average Bonchev–Trinajstić information content (AvgIpc) is 2.89. The van der Waals surface area contributed by atoms with Crippen molar-refractivity contribution in [3.63, 3.8) is 0 Å². The Bertz CT molecular complexity index is 1150. The number of carboxylic acids is 1. The summed E-state index contributed by atoms with van der Waals surface area (Å²) in [6.45, 7) is 6.09. The Morgan fingerprint density at radius 2 is 1.26 bits per heavy atom. The maximum atomic E-state index is 12.3. The summed E-state index contributed by atoms with van der Waals surface area (Å²) in [6, 6.07) is 21.2. The van der Waals surface area contributed by atoms with Gasteiger partial charge in [0, 0.05) is 12.2 Å². The number of esters is 2. The van der Waals surface area contributed by atoms with Gasteiger partial charge in [-0.05, 0) is 59.7 Å². The summed E-state index contributed by atoms with van der Waals surface area (Å²) in [5.41, 5.74) is 2.32. The molecule has 0 heterocycles. The first-order chi connectivity index (χ1) is 16.9. The highest BCUT2D eigenvalue weighted by molar-refractivity contribution is 5.91. The van der Waals surface area contributed by atoms with Gasteiger partial charge in [-0.1, -0.05) is 37.4 Å². The van der Waals surface area contributed by atoms with Crippen molar-refractivity contribution in [2.45, 2.75) is 0 Å². The van der Waals surface area contributed by atoms with Gasteiger partial charge in [-0.3, -0.25) is 0 Å². The van der Waals surface area contributed by atoms with Gasteiger partial charge >= 0.3 is 17.9 Å². The van der Waals surface area contributed by atoms with E-state index >= 15 is 0 Å². The van der Waals surface area contributed by atoms with Crippen LogP contribution in [-0.2, 0) is 14.3 Å². The zero-order chi connectivity index (χ0) is 25.6. The summed E-state index contributed by atoms with van der Waals surface area (Å²) in [4.78, 5) is 32.6. The number of hydrogen-bond acceptors (Lipinski definition) is 7. The first-order valence-corrected chi connectivity index (χ1v) is 10.2. The van der Waals surface area contributed by atoms with E-state index in [2.05, 4.69) is 13.2 Å². The van der Waals surface area contributed by atoms with Gasteiger partial charge in [0.1, 0.15) is 17.2 Å². The molecule has 3 aromatic carbocycles. The monoisotopic (exact) mass is 476 g/mol. The van der Waals surface area contributed by atoms with Crippen LogP contribution in [0.3, 0.4) is 0 Å². The van der Waals surface area contributed by atoms with Crippen LogP contribution in [0.1, 0.15) is 10.4 Å². The van der Waals surface area contributed by atoms with Gasteiger partial charge in [0.05, 0.1) is 12.7 Å². The lowest BCUT2D eigenvalue weighted by Crippen LogP contribution is -2.08. The molecule has 0 atom stereocenters. The minimum atomic E-state index is -0.981. The van der Waals surface area contributed by atoms with Gasteiger partial charge in [-0.2, -0.15) is 0 Å². The molecular formula is C27H24O8. The number of aliphatic carboxylic acids is 1. The summed E-state index contributed by atoms with van der Waals surface area (Å²) in [5, 5.41) is 7.60. The van der Waals surface area contributed by atoms with Crippen LogP contribution in [-0.4, -0.2) is 36.9 Å². The summed E-state index contributed by atoms with van der Waals surface area (Å²) in [5.74, 6) is -0.269. The fourth-order valence-corrected chi connectivity index (χ4v) is 2.57. The SMILES string of the molecule is C=CC(=O)O.C=CC(=O)OCOc1ccc(-c2ccc(C(=O)Oc3ccc(OC)cc3)cc2)cc1. The molecule has 3 rings (SSSR count). The predicted octanol–water partition coefficient (Wildman–Crippen LogP) is 4.90. The largest absolute Gasteiger partial charge is 0.497 e. The Labute approximate surface area is 202 Å². The van der Waals surface area contributed by atoms with E-state index in [1.165, 1.54) is 0 Å². The fourth-order valence-electron chi connectivity index (χ4n) is 2.57. The van der Waals surface area contributed by atoms with E-state index in [-0.39, 0.29) is 6.79 Å². The summed E-state index contributed by atoms with van der Waals surface area (Å²) in [7, 11) is 1.57. The summed E-state index contributed by atoms with van der Waals surface area (Å²) in [6.07, 6.45) is 1.91. The van der Waals surface area contributed by atoms with E-state index in [1.807, 2.05) is 24.3 Å². The molecule has 8 heteroatoms. The molecule has 0 aliphatic carbocycles. The molecule has 8 nitrogen and oxygen atoms in total. The number of ether oxygens (including phenoxy) is 4. The van der Waals surface area contributed by atoms with Crippen LogP contribution in [0.4, 0.5) is 0 Å². The minimum Gasteiger partial charge on any atom is -0.497 e. The molecule has 0 saturated carbocycles. The van der Waals surface area contributed by atoms with Crippen molar-refractivity contribution in [1.82, 2.24) is 0 Å². The van der Waals surface area contributed by atoms with Crippen LogP contribution in [0.5, 0.6) is 17.2 Å². The molecule has 0 aliphatic heterocycles. The Morgan fingerprint density at radius 3 is 1.74 bits per heavy atom. The van der Waals surface area contributed by atoms with Crippen molar-refractivity contribution in [1.29, 1.82) is 0 Å². The molecule has 0 radical (unpaired) electrons. The second-order valence-electron chi connectivity index (χ2n) is 6.64. The number of benzene rings is 3. The third-order valence-corrected chi connectivity index (χ3v) is 4.35. The summed E-state index contributed by atoms with van der Waals surface area (Å²) >= 11 is 0. The Morgan fingerprint density at radius 1 is 0.771 bits per heavy atom.